The Bertz CT molecular complexity index is 490. The number of alkyl halides is 5. The highest BCUT2D eigenvalue weighted by atomic mass is 127. The van der Waals surface area contributed by atoms with Crippen molar-refractivity contribution in [3.8, 4) is 0 Å². The quantitative estimate of drug-likeness (QED) is 0.444. The molecule has 1 aromatic heterocycles. The molecule has 9 heteroatoms. The van der Waals surface area contributed by atoms with Gasteiger partial charge in [0.1, 0.15) is 0 Å². The molecule has 0 N–H and O–H groups in total. The van der Waals surface area contributed by atoms with E-state index in [1.807, 2.05) is 0 Å². The fourth-order valence-electron chi connectivity index (χ4n) is 1.28. The highest BCUT2D eigenvalue weighted by Crippen LogP contribution is 2.38. The molecule has 0 aliphatic heterocycles. The fraction of sp³-hybridized carbons (Fsp3) is 0.400. The van der Waals surface area contributed by atoms with E-state index >= 15 is 0 Å². The lowest BCUT2D eigenvalue weighted by Gasteiger charge is -2.14. The van der Waals surface area contributed by atoms with Crippen LogP contribution in [0.1, 0.15) is 35.0 Å². The number of aromatic nitrogens is 1. The molecule has 0 aliphatic carbocycles. The Balaban J connectivity index is 3.44. The van der Waals surface area contributed by atoms with E-state index in [0.717, 1.165) is 0 Å². The summed E-state index contributed by atoms with van der Waals surface area (Å²) in [4.78, 5) is 14.3. The SMILES string of the molecule is CCOC(=O)c1cnc(C(F)(F)F)c(C(F)F)c1I. The predicted molar refractivity (Wildman–Crippen MR) is 62.9 cm³/mol. The summed E-state index contributed by atoms with van der Waals surface area (Å²) in [5, 5.41) is 0. The standard InChI is InChI=1S/C10H7F5INO2/c1-2-19-9(18)4-3-17-7(10(13,14)15)5(6(4)16)8(11)12/h3,8H,2H2,1H3. The highest BCUT2D eigenvalue weighted by Gasteiger charge is 2.40. The number of halogens is 6. The summed E-state index contributed by atoms with van der Waals surface area (Å²) < 4.78 is 67.2. The van der Waals surface area contributed by atoms with Crippen LogP contribution < -0.4 is 0 Å². The van der Waals surface area contributed by atoms with Gasteiger partial charge in [-0.25, -0.2) is 13.6 Å². The van der Waals surface area contributed by atoms with Gasteiger partial charge in [0, 0.05) is 9.77 Å². The van der Waals surface area contributed by atoms with Gasteiger partial charge in [-0.3, -0.25) is 4.98 Å². The Hall–Kier alpha value is -1.00. The molecule has 0 amide bonds. The maximum atomic E-state index is 12.8. The largest absolute Gasteiger partial charge is 0.462 e. The second-order valence-electron chi connectivity index (χ2n) is 3.27. The molecule has 1 heterocycles. The summed E-state index contributed by atoms with van der Waals surface area (Å²) in [5.41, 5.74) is -3.41. The van der Waals surface area contributed by atoms with E-state index in [9.17, 15) is 26.7 Å². The van der Waals surface area contributed by atoms with Gasteiger partial charge in [0.15, 0.2) is 5.69 Å². The normalized spacial score (nSPS) is 11.8. The molecule has 0 saturated carbocycles. The van der Waals surface area contributed by atoms with Crippen molar-refractivity contribution >= 4 is 28.6 Å². The molecule has 106 valence electrons. The molecular weight excluding hydrogens is 388 g/mol. The Kier molecular flexibility index (Phi) is 5.04. The fourth-order valence-corrected chi connectivity index (χ4v) is 2.13. The van der Waals surface area contributed by atoms with E-state index in [4.69, 9.17) is 0 Å². The third-order valence-corrected chi connectivity index (χ3v) is 3.20. The summed E-state index contributed by atoms with van der Waals surface area (Å²) in [5.74, 6) is -0.991. The van der Waals surface area contributed by atoms with Crippen LogP contribution in [0.5, 0.6) is 0 Å². The van der Waals surface area contributed by atoms with E-state index in [1.165, 1.54) is 29.5 Å². The van der Waals surface area contributed by atoms with Crippen molar-refractivity contribution in [3.05, 3.63) is 26.6 Å². The van der Waals surface area contributed by atoms with Crippen LogP contribution >= 0.6 is 22.6 Å². The zero-order valence-corrected chi connectivity index (χ0v) is 11.6. The number of pyridine rings is 1. The van der Waals surface area contributed by atoms with Gasteiger partial charge in [-0.1, -0.05) is 0 Å². The summed E-state index contributed by atoms with van der Waals surface area (Å²) in [6.07, 6.45) is -7.82. The summed E-state index contributed by atoms with van der Waals surface area (Å²) in [6.45, 7) is 1.45. The maximum absolute atomic E-state index is 12.8. The van der Waals surface area contributed by atoms with Gasteiger partial charge in [0.25, 0.3) is 6.43 Å². The second-order valence-corrected chi connectivity index (χ2v) is 4.35. The average Bonchev–Trinajstić information content (AvgIpc) is 2.26. The van der Waals surface area contributed by atoms with Crippen molar-refractivity contribution in [2.75, 3.05) is 6.61 Å². The number of rotatable bonds is 3. The third-order valence-electron chi connectivity index (χ3n) is 2.03. The van der Waals surface area contributed by atoms with Gasteiger partial charge >= 0.3 is 12.1 Å². The number of ether oxygens (including phenoxy) is 1. The van der Waals surface area contributed by atoms with Crippen LogP contribution in [-0.2, 0) is 10.9 Å². The maximum Gasteiger partial charge on any atom is 0.433 e. The lowest BCUT2D eigenvalue weighted by molar-refractivity contribution is -0.143. The first-order chi connectivity index (χ1) is 8.70. The van der Waals surface area contributed by atoms with E-state index in [0.29, 0.717) is 6.20 Å². The molecule has 1 aromatic rings. The van der Waals surface area contributed by atoms with Gasteiger partial charge in [0.05, 0.1) is 17.7 Å². The average molecular weight is 395 g/mol. The summed E-state index contributed by atoms with van der Waals surface area (Å²) in [6, 6.07) is 0. The van der Waals surface area contributed by atoms with Gasteiger partial charge in [-0.15, -0.1) is 0 Å². The molecule has 0 spiro atoms. The molecule has 0 saturated heterocycles. The molecule has 0 radical (unpaired) electrons. The molecule has 0 aliphatic rings. The van der Waals surface area contributed by atoms with Gasteiger partial charge in [-0.05, 0) is 29.5 Å². The van der Waals surface area contributed by atoms with Crippen LogP contribution in [0.25, 0.3) is 0 Å². The number of esters is 1. The number of hydrogen-bond donors (Lipinski definition) is 0. The van der Waals surface area contributed by atoms with Crippen molar-refractivity contribution in [3.63, 3.8) is 0 Å². The first-order valence-electron chi connectivity index (χ1n) is 4.91. The number of nitrogens with zero attached hydrogens (tertiary/aromatic N) is 1. The number of hydrogen-bond acceptors (Lipinski definition) is 3. The topological polar surface area (TPSA) is 39.2 Å². The molecule has 0 unspecified atom stereocenters. The third kappa shape index (κ3) is 3.51. The van der Waals surface area contributed by atoms with E-state index in [-0.39, 0.29) is 6.61 Å². The Morgan fingerprint density at radius 1 is 1.47 bits per heavy atom. The van der Waals surface area contributed by atoms with Crippen LogP contribution in [0.4, 0.5) is 22.0 Å². The molecule has 0 aromatic carbocycles. The van der Waals surface area contributed by atoms with Gasteiger partial charge < -0.3 is 4.74 Å². The Labute approximate surface area is 118 Å². The van der Waals surface area contributed by atoms with Gasteiger partial charge in [0.2, 0.25) is 0 Å². The molecule has 0 fully saturated rings. The molecular formula is C10H7F5INO2. The zero-order valence-electron chi connectivity index (χ0n) is 9.39. The zero-order chi connectivity index (χ0) is 14.8. The minimum absolute atomic E-state index is 0.0278. The molecule has 3 nitrogen and oxygen atoms in total. The minimum Gasteiger partial charge on any atom is -0.462 e. The first kappa shape index (κ1) is 16.1. The van der Waals surface area contributed by atoms with Crippen LogP contribution in [0.2, 0.25) is 0 Å². The van der Waals surface area contributed by atoms with Crippen molar-refractivity contribution in [1.29, 1.82) is 0 Å². The lowest BCUT2D eigenvalue weighted by Crippen LogP contribution is -2.17. The van der Waals surface area contributed by atoms with Gasteiger partial charge in [-0.2, -0.15) is 13.2 Å². The highest BCUT2D eigenvalue weighted by molar-refractivity contribution is 14.1. The molecule has 0 atom stereocenters. The second kappa shape index (κ2) is 5.97. The molecule has 1 rings (SSSR count). The van der Waals surface area contributed by atoms with Crippen molar-refractivity contribution < 1.29 is 31.5 Å². The van der Waals surface area contributed by atoms with E-state index in [2.05, 4.69) is 9.72 Å². The van der Waals surface area contributed by atoms with Crippen LogP contribution in [0, 0.1) is 3.57 Å². The van der Waals surface area contributed by atoms with E-state index < -0.39 is 39.0 Å². The molecule has 0 bridgehead atoms. The number of carbonyl (C=O) groups is 1. The number of carbonyl (C=O) groups excluding carboxylic acids is 1. The van der Waals surface area contributed by atoms with Crippen LogP contribution in [0.15, 0.2) is 6.20 Å². The van der Waals surface area contributed by atoms with Crippen molar-refractivity contribution in [2.24, 2.45) is 0 Å². The monoisotopic (exact) mass is 395 g/mol. The lowest BCUT2D eigenvalue weighted by atomic mass is 10.1. The minimum atomic E-state index is -5.02. The van der Waals surface area contributed by atoms with Crippen molar-refractivity contribution in [1.82, 2.24) is 4.98 Å². The van der Waals surface area contributed by atoms with E-state index in [1.54, 1.807) is 0 Å². The predicted octanol–water partition coefficient (Wildman–Crippen LogP) is 3.82. The Morgan fingerprint density at radius 3 is 2.47 bits per heavy atom. The van der Waals surface area contributed by atoms with Crippen LogP contribution in [0.3, 0.4) is 0 Å². The smallest absolute Gasteiger partial charge is 0.433 e. The summed E-state index contributed by atoms with van der Waals surface area (Å²) in [7, 11) is 0. The first-order valence-corrected chi connectivity index (χ1v) is 5.98. The Morgan fingerprint density at radius 2 is 2.05 bits per heavy atom. The van der Waals surface area contributed by atoms with Crippen LogP contribution in [-0.4, -0.2) is 17.6 Å². The molecule has 19 heavy (non-hydrogen) atoms. The summed E-state index contributed by atoms with van der Waals surface area (Å²) >= 11 is 1.26. The van der Waals surface area contributed by atoms with Crippen molar-refractivity contribution in [2.45, 2.75) is 19.5 Å².